The van der Waals surface area contributed by atoms with E-state index in [1.54, 1.807) is 0 Å². The lowest BCUT2D eigenvalue weighted by Gasteiger charge is -2.32. The number of hydrogen-bond donors (Lipinski definition) is 0. The Labute approximate surface area is 93.6 Å². The van der Waals surface area contributed by atoms with Crippen molar-refractivity contribution in [1.82, 2.24) is 4.90 Å². The minimum absolute atomic E-state index is 0.584. The highest BCUT2D eigenvalue weighted by Gasteiger charge is 2.15. The highest BCUT2D eigenvalue weighted by Crippen LogP contribution is 2.23. The zero-order valence-electron chi connectivity index (χ0n) is 10.1. The van der Waals surface area contributed by atoms with Gasteiger partial charge < -0.3 is 9.64 Å². The van der Waals surface area contributed by atoms with E-state index in [1.807, 2.05) is 0 Å². The minimum Gasteiger partial charge on any atom is -0.378 e. The van der Waals surface area contributed by atoms with Crippen LogP contribution < -0.4 is 0 Å². The van der Waals surface area contributed by atoms with E-state index in [9.17, 15) is 0 Å². The van der Waals surface area contributed by atoms with Gasteiger partial charge in [0, 0.05) is 18.8 Å². The van der Waals surface area contributed by atoms with Crippen molar-refractivity contribution in [1.29, 1.82) is 0 Å². The largest absolute Gasteiger partial charge is 0.378 e. The fourth-order valence-electron chi connectivity index (χ4n) is 1.96. The van der Waals surface area contributed by atoms with Crippen LogP contribution in [0.25, 0.3) is 0 Å². The molecule has 1 saturated heterocycles. The van der Waals surface area contributed by atoms with Crippen LogP contribution in [0.1, 0.15) is 26.7 Å². The molecule has 0 radical (unpaired) electrons. The van der Waals surface area contributed by atoms with Crippen molar-refractivity contribution in [3.8, 4) is 0 Å². The summed E-state index contributed by atoms with van der Waals surface area (Å²) in [5.74, 6) is 0.584. The van der Waals surface area contributed by atoms with Crippen molar-refractivity contribution in [2.75, 3.05) is 26.3 Å². The second-order valence-corrected chi connectivity index (χ2v) is 4.32. The molecule has 1 unspecified atom stereocenters. The molecule has 1 aliphatic rings. The predicted octanol–water partition coefficient (Wildman–Crippen LogP) is 2.82. The number of allylic oxidation sites excluding steroid dienone is 2. The van der Waals surface area contributed by atoms with Gasteiger partial charge in [-0.3, -0.25) is 0 Å². The fraction of sp³-hybridized carbons (Fsp3) is 0.692. The van der Waals surface area contributed by atoms with Gasteiger partial charge in [-0.25, -0.2) is 0 Å². The molecule has 0 spiro atoms. The number of hydrogen-bond acceptors (Lipinski definition) is 2. The first-order valence-corrected chi connectivity index (χ1v) is 5.81. The van der Waals surface area contributed by atoms with Crippen molar-refractivity contribution in [3.63, 3.8) is 0 Å². The van der Waals surface area contributed by atoms with E-state index in [0.29, 0.717) is 5.92 Å². The minimum atomic E-state index is 0.584. The van der Waals surface area contributed by atoms with Gasteiger partial charge in [0.1, 0.15) is 0 Å². The van der Waals surface area contributed by atoms with Gasteiger partial charge in [0.15, 0.2) is 0 Å². The van der Waals surface area contributed by atoms with E-state index >= 15 is 0 Å². The summed E-state index contributed by atoms with van der Waals surface area (Å²) in [4.78, 5) is 2.34. The average Bonchev–Trinajstić information content (AvgIpc) is 2.26. The van der Waals surface area contributed by atoms with Crippen molar-refractivity contribution in [2.24, 2.45) is 5.92 Å². The maximum Gasteiger partial charge on any atom is 0.0642 e. The summed E-state index contributed by atoms with van der Waals surface area (Å²) in [7, 11) is 0. The van der Waals surface area contributed by atoms with E-state index in [4.69, 9.17) is 4.74 Å². The Morgan fingerprint density at radius 1 is 1.33 bits per heavy atom. The van der Waals surface area contributed by atoms with E-state index in [1.165, 1.54) is 11.3 Å². The summed E-state index contributed by atoms with van der Waals surface area (Å²) in [5, 5.41) is 0. The summed E-state index contributed by atoms with van der Waals surface area (Å²) < 4.78 is 5.33. The molecule has 0 aromatic rings. The normalized spacial score (nSPS) is 18.7. The van der Waals surface area contributed by atoms with Crippen molar-refractivity contribution < 1.29 is 4.74 Å². The quantitative estimate of drug-likeness (QED) is 0.646. The fourth-order valence-corrected chi connectivity index (χ4v) is 1.96. The smallest absolute Gasteiger partial charge is 0.0642 e. The molecule has 1 rings (SSSR count). The molecule has 0 aromatic carbocycles. The Hall–Kier alpha value is -0.760. The van der Waals surface area contributed by atoms with Crippen LogP contribution in [-0.4, -0.2) is 31.2 Å². The summed E-state index contributed by atoms with van der Waals surface area (Å²) >= 11 is 0. The van der Waals surface area contributed by atoms with Crippen LogP contribution >= 0.6 is 0 Å². The lowest BCUT2D eigenvalue weighted by Crippen LogP contribution is -2.35. The van der Waals surface area contributed by atoms with Crippen molar-refractivity contribution in [2.45, 2.75) is 26.7 Å². The molecule has 2 heteroatoms. The lowest BCUT2D eigenvalue weighted by atomic mass is 9.93. The molecule has 1 atom stereocenters. The highest BCUT2D eigenvalue weighted by molar-refractivity contribution is 5.05. The van der Waals surface area contributed by atoms with E-state index in [0.717, 1.165) is 39.1 Å². The molecule has 0 aromatic heterocycles. The van der Waals surface area contributed by atoms with Gasteiger partial charge in [-0.2, -0.15) is 0 Å². The topological polar surface area (TPSA) is 12.5 Å². The molecule has 2 nitrogen and oxygen atoms in total. The van der Waals surface area contributed by atoms with Gasteiger partial charge >= 0.3 is 0 Å². The maximum absolute atomic E-state index is 5.33. The van der Waals surface area contributed by atoms with E-state index in [2.05, 4.69) is 31.9 Å². The Bertz CT molecular complexity index is 229. The van der Waals surface area contributed by atoms with Crippen LogP contribution in [0.15, 0.2) is 24.4 Å². The number of ether oxygens (including phenoxy) is 1. The monoisotopic (exact) mass is 209 g/mol. The van der Waals surface area contributed by atoms with Gasteiger partial charge in [0.2, 0.25) is 0 Å². The lowest BCUT2D eigenvalue weighted by molar-refractivity contribution is 0.0515. The average molecular weight is 209 g/mol. The molecular weight excluding hydrogens is 186 g/mol. The number of morpholine rings is 1. The molecule has 0 N–H and O–H groups in total. The van der Waals surface area contributed by atoms with Crippen LogP contribution in [0.5, 0.6) is 0 Å². The molecular formula is C13H23NO. The van der Waals surface area contributed by atoms with Crippen molar-refractivity contribution >= 4 is 0 Å². The van der Waals surface area contributed by atoms with Crippen LogP contribution in [0, 0.1) is 5.92 Å². The van der Waals surface area contributed by atoms with E-state index in [-0.39, 0.29) is 0 Å². The third kappa shape index (κ3) is 3.71. The third-order valence-electron chi connectivity index (χ3n) is 3.13. The van der Waals surface area contributed by atoms with E-state index < -0.39 is 0 Å². The van der Waals surface area contributed by atoms with Gasteiger partial charge in [-0.1, -0.05) is 25.7 Å². The Morgan fingerprint density at radius 3 is 2.40 bits per heavy atom. The number of nitrogens with zero attached hydrogens (tertiary/aromatic N) is 1. The predicted molar refractivity (Wildman–Crippen MR) is 64.7 cm³/mol. The van der Waals surface area contributed by atoms with Gasteiger partial charge in [-0.15, -0.1) is 0 Å². The standard InChI is InChI=1S/C13H23NO/c1-5-13(11(2)3)10-12(4)14-6-8-15-9-7-14/h13H,2,4-10H2,1,3H3. The summed E-state index contributed by atoms with van der Waals surface area (Å²) in [6.45, 7) is 16.2. The van der Waals surface area contributed by atoms with Crippen LogP contribution in [0.4, 0.5) is 0 Å². The first-order chi connectivity index (χ1) is 7.15. The molecule has 0 amide bonds. The summed E-state index contributed by atoms with van der Waals surface area (Å²) in [5.41, 5.74) is 2.51. The first-order valence-electron chi connectivity index (χ1n) is 5.81. The maximum atomic E-state index is 5.33. The van der Waals surface area contributed by atoms with Gasteiger partial charge in [0.25, 0.3) is 0 Å². The molecule has 0 saturated carbocycles. The molecule has 0 bridgehead atoms. The summed E-state index contributed by atoms with van der Waals surface area (Å²) in [6, 6.07) is 0. The Kier molecular flexibility index (Phi) is 4.89. The first kappa shape index (κ1) is 12.3. The van der Waals surface area contributed by atoms with Crippen LogP contribution in [0.3, 0.4) is 0 Å². The molecule has 1 aliphatic heterocycles. The van der Waals surface area contributed by atoms with Crippen LogP contribution in [-0.2, 0) is 4.74 Å². The van der Waals surface area contributed by atoms with Gasteiger partial charge in [0.05, 0.1) is 13.2 Å². The third-order valence-corrected chi connectivity index (χ3v) is 3.13. The summed E-state index contributed by atoms with van der Waals surface area (Å²) in [6.07, 6.45) is 2.20. The molecule has 15 heavy (non-hydrogen) atoms. The molecule has 1 heterocycles. The Balaban J connectivity index is 2.42. The zero-order valence-corrected chi connectivity index (χ0v) is 10.1. The second kappa shape index (κ2) is 5.96. The Morgan fingerprint density at radius 2 is 1.93 bits per heavy atom. The van der Waals surface area contributed by atoms with Gasteiger partial charge in [-0.05, 0) is 25.7 Å². The number of rotatable bonds is 5. The second-order valence-electron chi connectivity index (χ2n) is 4.32. The zero-order chi connectivity index (χ0) is 11.3. The molecule has 86 valence electrons. The highest BCUT2D eigenvalue weighted by atomic mass is 16.5. The molecule has 1 fully saturated rings. The SMILES string of the molecule is C=C(C)C(CC)CC(=C)N1CCOCC1. The van der Waals surface area contributed by atoms with Crippen LogP contribution in [0.2, 0.25) is 0 Å². The van der Waals surface area contributed by atoms with Crippen molar-refractivity contribution in [3.05, 3.63) is 24.4 Å². The molecule has 0 aliphatic carbocycles.